The highest BCUT2D eigenvalue weighted by Crippen LogP contribution is 2.46. The molecule has 1 atom stereocenters. The minimum absolute atomic E-state index is 0.127. The average molecular weight is 337 g/mol. The van der Waals surface area contributed by atoms with Gasteiger partial charge in [0.1, 0.15) is 4.88 Å². The van der Waals surface area contributed by atoms with E-state index in [2.05, 4.69) is 21.2 Å². The van der Waals surface area contributed by atoms with E-state index in [4.69, 9.17) is 0 Å². The molecule has 2 aliphatic heterocycles. The summed E-state index contributed by atoms with van der Waals surface area (Å²) in [6.45, 7) is 1.94. The summed E-state index contributed by atoms with van der Waals surface area (Å²) in [6, 6.07) is -0.127. The van der Waals surface area contributed by atoms with Gasteiger partial charge in [-0.05, 0) is 22.9 Å². The normalized spacial score (nSPS) is 25.4. The second-order valence-electron chi connectivity index (χ2n) is 4.82. The molecule has 0 aliphatic carbocycles. The summed E-state index contributed by atoms with van der Waals surface area (Å²) in [5, 5.41) is 2.82. The summed E-state index contributed by atoms with van der Waals surface area (Å²) in [5.41, 5.74) is 1.26. The van der Waals surface area contributed by atoms with Crippen LogP contribution in [0.5, 0.6) is 0 Å². The van der Waals surface area contributed by atoms with Crippen LogP contribution in [0.1, 0.15) is 22.2 Å². The van der Waals surface area contributed by atoms with Gasteiger partial charge in [-0.3, -0.25) is 4.79 Å². The van der Waals surface area contributed by atoms with Gasteiger partial charge < -0.3 is 10.2 Å². The third kappa shape index (κ3) is 1.84. The molecule has 0 fully saturated rings. The van der Waals surface area contributed by atoms with Gasteiger partial charge in [0, 0.05) is 24.6 Å². The Morgan fingerprint density at radius 2 is 2.28 bits per heavy atom. The molecular formula is C11H11BrF2N2OS. The molecule has 1 amide bonds. The van der Waals surface area contributed by atoms with Crippen LogP contribution in [-0.4, -0.2) is 31.0 Å². The van der Waals surface area contributed by atoms with Gasteiger partial charge >= 0.3 is 0 Å². The number of thiophene rings is 1. The molecule has 3 heterocycles. The molecule has 1 N–H and O–H groups in total. The lowest BCUT2D eigenvalue weighted by atomic mass is 10.0. The molecule has 1 aromatic rings. The first-order valence-electron chi connectivity index (χ1n) is 5.62. The average Bonchev–Trinajstić information content (AvgIpc) is 2.48. The van der Waals surface area contributed by atoms with Crippen LogP contribution < -0.4 is 10.2 Å². The van der Waals surface area contributed by atoms with E-state index < -0.39 is 5.92 Å². The largest absolute Gasteiger partial charge is 0.362 e. The molecule has 3 rings (SSSR count). The molecule has 0 bridgehead atoms. The van der Waals surface area contributed by atoms with Gasteiger partial charge in [-0.2, -0.15) is 0 Å². The summed E-state index contributed by atoms with van der Waals surface area (Å²) in [4.78, 5) is 14.2. The maximum atomic E-state index is 13.7. The molecule has 3 nitrogen and oxygen atoms in total. The summed E-state index contributed by atoms with van der Waals surface area (Å²) < 4.78 is 28.1. The minimum Gasteiger partial charge on any atom is -0.362 e. The predicted octanol–water partition coefficient (Wildman–Crippen LogP) is 2.64. The van der Waals surface area contributed by atoms with Crippen molar-refractivity contribution < 1.29 is 13.6 Å². The van der Waals surface area contributed by atoms with Crippen LogP contribution in [0.2, 0.25) is 0 Å². The van der Waals surface area contributed by atoms with Crippen molar-refractivity contribution in [1.29, 1.82) is 0 Å². The lowest BCUT2D eigenvalue weighted by Crippen LogP contribution is -2.46. The van der Waals surface area contributed by atoms with Crippen LogP contribution in [0.3, 0.4) is 0 Å². The SMILES string of the molecule is C[C@H]1CN2CC(F)(F)Cc3c(Br)sc(c32)C(=O)N1. The number of hydrogen-bond donors (Lipinski definition) is 1. The number of hydrogen-bond acceptors (Lipinski definition) is 3. The van der Waals surface area contributed by atoms with Crippen LogP contribution in [-0.2, 0) is 6.42 Å². The van der Waals surface area contributed by atoms with Gasteiger partial charge in [0.15, 0.2) is 0 Å². The molecule has 18 heavy (non-hydrogen) atoms. The Labute approximate surface area is 115 Å². The zero-order valence-electron chi connectivity index (χ0n) is 9.60. The Kier molecular flexibility index (Phi) is 2.68. The van der Waals surface area contributed by atoms with E-state index in [0.29, 0.717) is 26.5 Å². The van der Waals surface area contributed by atoms with E-state index in [9.17, 15) is 13.6 Å². The van der Waals surface area contributed by atoms with Gasteiger partial charge in [0.05, 0.1) is 16.0 Å². The first-order chi connectivity index (χ1) is 8.37. The second-order valence-corrected chi connectivity index (χ2v) is 7.16. The number of amides is 1. The first-order valence-corrected chi connectivity index (χ1v) is 7.23. The van der Waals surface area contributed by atoms with Gasteiger partial charge in [0.25, 0.3) is 11.8 Å². The van der Waals surface area contributed by atoms with E-state index in [1.54, 1.807) is 4.90 Å². The molecule has 0 aromatic carbocycles. The zero-order valence-corrected chi connectivity index (χ0v) is 12.0. The number of carbonyl (C=O) groups is 1. The van der Waals surface area contributed by atoms with Gasteiger partial charge in [-0.25, -0.2) is 8.78 Å². The molecule has 98 valence electrons. The molecule has 0 saturated carbocycles. The maximum absolute atomic E-state index is 13.7. The fraction of sp³-hybridized carbons (Fsp3) is 0.545. The third-order valence-electron chi connectivity index (χ3n) is 3.18. The van der Waals surface area contributed by atoms with Gasteiger partial charge in [-0.1, -0.05) is 0 Å². The van der Waals surface area contributed by atoms with Crippen LogP contribution >= 0.6 is 27.3 Å². The Morgan fingerprint density at radius 3 is 3.00 bits per heavy atom. The minimum atomic E-state index is -2.74. The van der Waals surface area contributed by atoms with E-state index in [1.807, 2.05) is 6.92 Å². The molecule has 0 spiro atoms. The fourth-order valence-corrected chi connectivity index (χ4v) is 4.35. The summed E-state index contributed by atoms with van der Waals surface area (Å²) in [6.07, 6.45) is -0.294. The van der Waals surface area contributed by atoms with Gasteiger partial charge in [-0.15, -0.1) is 11.3 Å². The maximum Gasteiger partial charge on any atom is 0.269 e. The Morgan fingerprint density at radius 1 is 1.56 bits per heavy atom. The van der Waals surface area contributed by atoms with E-state index >= 15 is 0 Å². The van der Waals surface area contributed by atoms with Crippen molar-refractivity contribution in [2.45, 2.75) is 25.3 Å². The van der Waals surface area contributed by atoms with Crippen molar-refractivity contribution >= 4 is 38.9 Å². The first kappa shape index (κ1) is 12.3. The smallest absolute Gasteiger partial charge is 0.269 e. The molecule has 0 radical (unpaired) electrons. The number of anilines is 1. The number of rotatable bonds is 0. The molecule has 0 saturated heterocycles. The predicted molar refractivity (Wildman–Crippen MR) is 69.8 cm³/mol. The zero-order chi connectivity index (χ0) is 13.1. The highest BCUT2D eigenvalue weighted by molar-refractivity contribution is 9.11. The third-order valence-corrected chi connectivity index (χ3v) is 5.15. The number of nitrogens with one attached hydrogen (secondary N) is 1. The van der Waals surface area contributed by atoms with Crippen molar-refractivity contribution in [1.82, 2.24) is 5.32 Å². The van der Waals surface area contributed by atoms with E-state index in [0.717, 1.165) is 0 Å². The van der Waals surface area contributed by atoms with Crippen LogP contribution in [0.25, 0.3) is 0 Å². The van der Waals surface area contributed by atoms with Crippen LogP contribution in [0.15, 0.2) is 3.79 Å². The molecular weight excluding hydrogens is 326 g/mol. The second kappa shape index (κ2) is 3.90. The molecule has 1 aromatic heterocycles. The monoisotopic (exact) mass is 336 g/mol. The lowest BCUT2D eigenvalue weighted by Gasteiger charge is -2.34. The molecule has 7 heteroatoms. The number of carbonyl (C=O) groups excluding carboxylic acids is 1. The molecule has 2 aliphatic rings. The topological polar surface area (TPSA) is 32.3 Å². The van der Waals surface area contributed by atoms with Crippen molar-refractivity contribution in [3.63, 3.8) is 0 Å². The van der Waals surface area contributed by atoms with Crippen molar-refractivity contribution in [3.8, 4) is 0 Å². The van der Waals surface area contributed by atoms with Crippen molar-refractivity contribution in [2.24, 2.45) is 0 Å². The fourth-order valence-electron chi connectivity index (χ4n) is 2.57. The summed E-state index contributed by atoms with van der Waals surface area (Å²) in [5.74, 6) is -2.90. The number of alkyl halides is 2. The Balaban J connectivity index is 2.17. The number of nitrogens with zero attached hydrogens (tertiary/aromatic N) is 1. The Hall–Kier alpha value is -0.690. The summed E-state index contributed by atoms with van der Waals surface area (Å²) in [7, 11) is 0. The quantitative estimate of drug-likeness (QED) is 0.789. The van der Waals surface area contributed by atoms with E-state index in [1.165, 1.54) is 11.3 Å². The van der Waals surface area contributed by atoms with Gasteiger partial charge in [0.2, 0.25) is 0 Å². The highest BCUT2D eigenvalue weighted by Gasteiger charge is 2.43. The number of halogens is 3. The van der Waals surface area contributed by atoms with Crippen molar-refractivity contribution in [3.05, 3.63) is 14.2 Å². The van der Waals surface area contributed by atoms with Crippen LogP contribution in [0.4, 0.5) is 14.5 Å². The van der Waals surface area contributed by atoms with Crippen molar-refractivity contribution in [2.75, 3.05) is 18.0 Å². The summed E-state index contributed by atoms with van der Waals surface area (Å²) >= 11 is 4.54. The van der Waals surface area contributed by atoms with Crippen LogP contribution in [0, 0.1) is 0 Å². The standard InChI is InChI=1S/C11H11BrF2N2OS/c1-5-3-16-4-11(13,14)2-6-7(16)8(10(17)15-5)18-9(6)12/h5H,2-4H2,1H3,(H,15,17)/t5-/m0/s1. The molecule has 0 unspecified atom stereocenters. The lowest BCUT2D eigenvalue weighted by molar-refractivity contribution is 0.00524. The Bertz CT molecular complexity index is 531. The van der Waals surface area contributed by atoms with E-state index in [-0.39, 0.29) is 24.9 Å². The highest BCUT2D eigenvalue weighted by atomic mass is 79.9.